The molecule has 2 heterocycles. The first kappa shape index (κ1) is 32.1. The predicted molar refractivity (Wildman–Crippen MR) is 171 cm³/mol. The molecule has 1 aliphatic carbocycles. The Morgan fingerprint density at radius 2 is 1.86 bits per heavy atom. The van der Waals surface area contributed by atoms with Crippen LogP contribution in [0.2, 0.25) is 0 Å². The topological polar surface area (TPSA) is 113 Å². The van der Waals surface area contributed by atoms with Crippen molar-refractivity contribution in [3.8, 4) is 5.75 Å². The zero-order valence-electron chi connectivity index (χ0n) is 26.4. The molecule has 2 fully saturated rings. The van der Waals surface area contributed by atoms with Crippen molar-refractivity contribution in [1.82, 2.24) is 14.7 Å². The van der Waals surface area contributed by atoms with Crippen LogP contribution in [0.15, 0.2) is 53.6 Å². The number of ether oxygens (including phenoxy) is 2. The van der Waals surface area contributed by atoms with Crippen LogP contribution in [-0.4, -0.2) is 77.8 Å². The molecule has 0 spiro atoms. The number of benzene rings is 1. The Morgan fingerprint density at radius 1 is 1.16 bits per heavy atom. The van der Waals surface area contributed by atoms with Gasteiger partial charge in [-0.2, -0.15) is 0 Å². The Labute approximate surface area is 256 Å². The van der Waals surface area contributed by atoms with Crippen LogP contribution in [0.3, 0.4) is 0 Å². The molecule has 1 aromatic rings. The molecular weight excluding hydrogens is 544 g/mol. The van der Waals surface area contributed by atoms with Gasteiger partial charge in [0.25, 0.3) is 0 Å². The smallest absolute Gasteiger partial charge is 0.412 e. The molecule has 0 radical (unpaired) electrons. The molecule has 1 saturated carbocycles. The number of piperazine rings is 1. The van der Waals surface area contributed by atoms with Gasteiger partial charge < -0.3 is 25.0 Å². The number of rotatable bonds is 9. The van der Waals surface area contributed by atoms with E-state index in [9.17, 15) is 9.59 Å². The van der Waals surface area contributed by atoms with Gasteiger partial charge in [0.05, 0.1) is 29.9 Å². The number of nitrogens with one attached hydrogen (secondary N) is 1. The number of allylic oxidation sites excluding steroid dienone is 2. The third-order valence-electron chi connectivity index (χ3n) is 8.83. The molecular formula is C33H48N6O4. The first-order valence-electron chi connectivity index (χ1n) is 15.5. The van der Waals surface area contributed by atoms with Crippen molar-refractivity contribution in [2.24, 2.45) is 16.6 Å². The minimum atomic E-state index is -0.519. The van der Waals surface area contributed by atoms with Crippen molar-refractivity contribution >= 4 is 29.1 Å². The fraction of sp³-hybridized carbons (Fsp3) is 0.545. The molecule has 3 aliphatic rings. The lowest BCUT2D eigenvalue weighted by Crippen LogP contribution is -2.52. The number of nitrogens with zero attached hydrogens (tertiary/aromatic N) is 4. The molecule has 4 rings (SSSR count). The van der Waals surface area contributed by atoms with E-state index in [1.165, 1.54) is 0 Å². The van der Waals surface area contributed by atoms with E-state index < -0.39 is 6.09 Å². The molecule has 2 amide bonds. The summed E-state index contributed by atoms with van der Waals surface area (Å²) in [6.07, 6.45) is 9.07. The van der Waals surface area contributed by atoms with Crippen molar-refractivity contribution in [1.29, 1.82) is 0 Å². The Hall–Kier alpha value is -3.79. The maximum atomic E-state index is 12.4. The van der Waals surface area contributed by atoms with E-state index in [0.717, 1.165) is 87.4 Å². The number of methoxy groups -OCH3 is 1. The van der Waals surface area contributed by atoms with Crippen molar-refractivity contribution in [2.45, 2.75) is 78.4 Å². The molecule has 3 N–H and O–H groups in total. The normalized spacial score (nSPS) is 22.9. The second-order valence-corrected chi connectivity index (χ2v) is 11.7. The largest absolute Gasteiger partial charge is 0.495 e. The molecule has 10 heteroatoms. The van der Waals surface area contributed by atoms with E-state index in [-0.39, 0.29) is 12.0 Å². The monoisotopic (exact) mass is 592 g/mol. The summed E-state index contributed by atoms with van der Waals surface area (Å²) in [5.74, 6) is 0.977. The zero-order chi connectivity index (χ0) is 31.1. The van der Waals surface area contributed by atoms with Gasteiger partial charge in [0.2, 0.25) is 5.91 Å². The fourth-order valence-electron chi connectivity index (χ4n) is 6.34. The SMILES string of the molecule is C=C(C1CCC(N2CCN(C(C)=O)CC2)CC1)N1C=CN=C(C)/C1=C(/N)c1ccc(NC(=O)O[C@@H](C)CCC)c(OC)c1. The van der Waals surface area contributed by atoms with Crippen molar-refractivity contribution < 1.29 is 19.1 Å². The zero-order valence-corrected chi connectivity index (χ0v) is 26.4. The second-order valence-electron chi connectivity index (χ2n) is 11.7. The average Bonchev–Trinajstić information content (AvgIpc) is 3.00. The Kier molecular flexibility index (Phi) is 10.9. The second kappa shape index (κ2) is 14.6. The molecule has 0 aromatic heterocycles. The number of hydrogen-bond acceptors (Lipinski definition) is 8. The van der Waals surface area contributed by atoms with Gasteiger partial charge in [-0.1, -0.05) is 26.0 Å². The number of amides is 2. The summed E-state index contributed by atoms with van der Waals surface area (Å²) in [6.45, 7) is 15.6. The maximum Gasteiger partial charge on any atom is 0.412 e. The third-order valence-corrected chi connectivity index (χ3v) is 8.83. The van der Waals surface area contributed by atoms with Crippen LogP contribution in [-0.2, 0) is 9.53 Å². The molecule has 10 nitrogen and oxygen atoms in total. The van der Waals surface area contributed by atoms with Crippen LogP contribution in [0.5, 0.6) is 5.75 Å². The minimum absolute atomic E-state index is 0.166. The van der Waals surface area contributed by atoms with E-state index in [4.69, 9.17) is 15.2 Å². The van der Waals surface area contributed by atoms with Crippen molar-refractivity contribution in [2.75, 3.05) is 38.6 Å². The van der Waals surface area contributed by atoms with Crippen LogP contribution < -0.4 is 15.8 Å². The van der Waals surface area contributed by atoms with Gasteiger partial charge in [-0.25, -0.2) is 4.79 Å². The van der Waals surface area contributed by atoms with Crippen LogP contribution in [0, 0.1) is 5.92 Å². The maximum absolute atomic E-state index is 12.4. The standard InChI is InChI=1S/C33H48N6O4/c1-7-8-22(2)43-33(41)36-29-14-11-27(21-30(29)42-6)31(34)32-23(3)35-15-16-39(32)24(4)26-9-12-28(13-10-26)38-19-17-37(18-20-38)25(5)40/h11,14-16,21-22,26,28H,4,7-10,12-13,17-20,34H2,1-3,5-6H3,(H,36,41)/b32-31-/t22-,26?,28?/m0/s1. The lowest BCUT2D eigenvalue weighted by Gasteiger charge is -2.43. The van der Waals surface area contributed by atoms with Gasteiger partial charge in [0.15, 0.2) is 0 Å². The van der Waals surface area contributed by atoms with Crippen LogP contribution in [0.4, 0.5) is 10.5 Å². The molecule has 43 heavy (non-hydrogen) atoms. The van der Waals surface area contributed by atoms with Crippen LogP contribution in [0.25, 0.3) is 5.70 Å². The summed E-state index contributed by atoms with van der Waals surface area (Å²) in [7, 11) is 1.56. The van der Waals surface area contributed by atoms with Gasteiger partial charge in [-0.15, -0.1) is 0 Å². The van der Waals surface area contributed by atoms with Gasteiger partial charge >= 0.3 is 6.09 Å². The predicted octanol–water partition coefficient (Wildman–Crippen LogP) is 5.54. The average molecular weight is 593 g/mol. The molecule has 234 valence electrons. The Morgan fingerprint density at radius 3 is 2.49 bits per heavy atom. The summed E-state index contributed by atoms with van der Waals surface area (Å²) < 4.78 is 11.0. The summed E-state index contributed by atoms with van der Waals surface area (Å²) in [5, 5.41) is 2.79. The van der Waals surface area contributed by atoms with E-state index in [2.05, 4.69) is 33.6 Å². The van der Waals surface area contributed by atoms with Gasteiger partial charge in [-0.05, 0) is 64.0 Å². The number of nitrogens with two attached hydrogens (primary N) is 1. The Balaban J connectivity index is 1.45. The molecule has 0 unspecified atom stereocenters. The third kappa shape index (κ3) is 7.79. The highest BCUT2D eigenvalue weighted by Crippen LogP contribution is 2.37. The van der Waals surface area contributed by atoms with Gasteiger partial charge in [-0.3, -0.25) is 20.0 Å². The first-order chi connectivity index (χ1) is 20.6. The highest BCUT2D eigenvalue weighted by Gasteiger charge is 2.32. The van der Waals surface area contributed by atoms with Crippen molar-refractivity contribution in [3.63, 3.8) is 0 Å². The molecule has 2 aliphatic heterocycles. The highest BCUT2D eigenvalue weighted by molar-refractivity contribution is 6.05. The Bertz CT molecular complexity index is 1270. The molecule has 1 atom stereocenters. The van der Waals surface area contributed by atoms with E-state index in [0.29, 0.717) is 29.1 Å². The van der Waals surface area contributed by atoms with Crippen LogP contribution >= 0.6 is 0 Å². The van der Waals surface area contributed by atoms with Gasteiger partial charge in [0.1, 0.15) is 11.9 Å². The number of hydrogen-bond donors (Lipinski definition) is 2. The number of carbonyl (C=O) groups excluding carboxylic acids is 2. The van der Waals surface area contributed by atoms with E-state index in [1.807, 2.05) is 37.1 Å². The summed E-state index contributed by atoms with van der Waals surface area (Å²) in [6, 6.07) is 6.00. The fourth-order valence-corrected chi connectivity index (χ4v) is 6.34. The van der Waals surface area contributed by atoms with Gasteiger partial charge in [0, 0.05) is 62.8 Å². The van der Waals surface area contributed by atoms with E-state index >= 15 is 0 Å². The number of anilines is 1. The van der Waals surface area contributed by atoms with E-state index in [1.54, 1.807) is 26.3 Å². The number of aliphatic imine (C=N–C) groups is 1. The molecule has 0 bridgehead atoms. The molecule has 1 saturated heterocycles. The lowest BCUT2D eigenvalue weighted by atomic mass is 9.82. The minimum Gasteiger partial charge on any atom is -0.495 e. The highest BCUT2D eigenvalue weighted by atomic mass is 16.6. The summed E-state index contributed by atoms with van der Waals surface area (Å²) in [4.78, 5) is 35.2. The summed E-state index contributed by atoms with van der Waals surface area (Å²) >= 11 is 0. The van der Waals surface area contributed by atoms with Crippen LogP contribution in [0.1, 0.15) is 71.8 Å². The first-order valence-corrected chi connectivity index (χ1v) is 15.5. The van der Waals surface area contributed by atoms with Crippen molar-refractivity contribution in [3.05, 3.63) is 54.1 Å². The number of carbonyl (C=O) groups is 2. The quantitative estimate of drug-likeness (QED) is 0.387. The summed E-state index contributed by atoms with van der Waals surface area (Å²) in [5.41, 5.74) is 11.2. The lowest BCUT2D eigenvalue weighted by molar-refractivity contribution is -0.131. The molecule has 1 aromatic carbocycles.